The number of sulfonamides is 1. The Bertz CT molecular complexity index is 1400. The third-order valence-corrected chi connectivity index (χ3v) is 8.39. The average molecular weight is 611 g/mol. The molecule has 11 heteroatoms. The van der Waals surface area contributed by atoms with Crippen molar-refractivity contribution in [3.05, 3.63) is 93.4 Å². The molecule has 3 rings (SSSR count). The molecule has 1 atom stereocenters. The van der Waals surface area contributed by atoms with Gasteiger partial charge in [0.15, 0.2) is 0 Å². The lowest BCUT2D eigenvalue weighted by Gasteiger charge is -2.33. The third-order valence-electron chi connectivity index (χ3n) is 5.86. The number of anilines is 1. The number of amides is 2. The van der Waals surface area contributed by atoms with Crippen molar-refractivity contribution in [1.82, 2.24) is 10.2 Å². The normalized spacial score (nSPS) is 12.2. The summed E-state index contributed by atoms with van der Waals surface area (Å²) in [4.78, 5) is 28.5. The highest BCUT2D eigenvalue weighted by Crippen LogP contribution is 2.28. The van der Waals surface area contributed by atoms with Gasteiger partial charge in [-0.25, -0.2) is 8.42 Å². The van der Waals surface area contributed by atoms with Gasteiger partial charge in [0.05, 0.1) is 10.6 Å². The molecule has 0 saturated carbocycles. The van der Waals surface area contributed by atoms with E-state index in [0.29, 0.717) is 21.5 Å². The molecule has 0 aliphatic rings. The van der Waals surface area contributed by atoms with Crippen molar-refractivity contribution in [2.24, 2.45) is 0 Å². The maximum absolute atomic E-state index is 14.0. The smallest absolute Gasteiger partial charge is 0.264 e. The largest absolute Gasteiger partial charge is 0.352 e. The van der Waals surface area contributed by atoms with Crippen LogP contribution < -0.4 is 9.62 Å². The molecule has 7 nitrogen and oxygen atoms in total. The van der Waals surface area contributed by atoms with Gasteiger partial charge in [-0.05, 0) is 80.4 Å². The summed E-state index contributed by atoms with van der Waals surface area (Å²) in [6.45, 7) is 4.96. The van der Waals surface area contributed by atoms with Gasteiger partial charge in [-0.15, -0.1) is 0 Å². The van der Waals surface area contributed by atoms with Crippen LogP contribution in [0.5, 0.6) is 0 Å². The summed E-state index contributed by atoms with van der Waals surface area (Å²) in [5, 5.41) is 4.07. The van der Waals surface area contributed by atoms with E-state index in [1.165, 1.54) is 35.2 Å². The molecule has 0 aliphatic heterocycles. The molecule has 0 bridgehead atoms. The highest BCUT2D eigenvalue weighted by Gasteiger charge is 2.34. The van der Waals surface area contributed by atoms with Crippen molar-refractivity contribution in [2.75, 3.05) is 10.8 Å². The maximum Gasteiger partial charge on any atom is 0.264 e. The lowest BCUT2D eigenvalue weighted by atomic mass is 10.1. The second kappa shape index (κ2) is 13.5. The summed E-state index contributed by atoms with van der Waals surface area (Å²) in [6.07, 6.45) is 0.318. The predicted octanol–water partition coefficient (Wildman–Crippen LogP) is 6.17. The van der Waals surface area contributed by atoms with E-state index < -0.39 is 28.5 Å². The van der Waals surface area contributed by atoms with E-state index in [4.69, 9.17) is 34.8 Å². The molecule has 0 saturated heterocycles. The Hall–Kier alpha value is -2.78. The summed E-state index contributed by atoms with van der Waals surface area (Å²) in [6, 6.07) is 17.8. The van der Waals surface area contributed by atoms with Crippen molar-refractivity contribution < 1.29 is 18.0 Å². The molecule has 208 valence electrons. The van der Waals surface area contributed by atoms with Gasteiger partial charge >= 0.3 is 0 Å². The number of nitrogens with one attached hydrogen (secondary N) is 1. The van der Waals surface area contributed by atoms with Crippen molar-refractivity contribution in [3.8, 4) is 0 Å². The molecule has 0 heterocycles. The highest BCUT2D eigenvalue weighted by atomic mass is 35.5. The molecule has 3 aromatic carbocycles. The molecular weight excluding hydrogens is 581 g/mol. The standard InChI is InChI=1S/C28H30Cl3N3O4S/c1-4-26(28(36)32-19(2)3)33(17-20-8-10-21(29)11-9-20)27(35)18-34(24-7-5-6-23(31)16-24)39(37,38)25-14-12-22(30)13-15-25/h5-16,19,26H,4,17-18H2,1-3H3,(H,32,36)/t26-/m0/s1. The van der Waals surface area contributed by atoms with E-state index >= 15 is 0 Å². The highest BCUT2D eigenvalue weighted by molar-refractivity contribution is 7.92. The third kappa shape index (κ3) is 8.11. The minimum atomic E-state index is -4.22. The maximum atomic E-state index is 14.0. The fraction of sp³-hybridized carbons (Fsp3) is 0.286. The number of rotatable bonds is 11. The van der Waals surface area contributed by atoms with Gasteiger partial charge in [0.2, 0.25) is 11.8 Å². The van der Waals surface area contributed by atoms with E-state index in [1.54, 1.807) is 49.4 Å². The van der Waals surface area contributed by atoms with Gasteiger partial charge in [0.1, 0.15) is 12.6 Å². The van der Waals surface area contributed by atoms with Crippen LogP contribution in [-0.2, 0) is 26.2 Å². The summed E-state index contributed by atoms with van der Waals surface area (Å²) >= 11 is 18.2. The Morgan fingerprint density at radius 3 is 2.00 bits per heavy atom. The van der Waals surface area contributed by atoms with Crippen molar-refractivity contribution in [1.29, 1.82) is 0 Å². The molecule has 2 amide bonds. The van der Waals surface area contributed by atoms with Crippen LogP contribution >= 0.6 is 34.8 Å². The van der Waals surface area contributed by atoms with Crippen LogP contribution in [0.15, 0.2) is 77.7 Å². The van der Waals surface area contributed by atoms with Crippen molar-refractivity contribution in [2.45, 2.75) is 50.7 Å². The van der Waals surface area contributed by atoms with E-state index in [0.717, 1.165) is 9.87 Å². The lowest BCUT2D eigenvalue weighted by Crippen LogP contribution is -2.53. The Balaban J connectivity index is 2.06. The molecule has 0 aliphatic carbocycles. The molecule has 3 aromatic rings. The SMILES string of the molecule is CC[C@@H](C(=O)NC(C)C)N(Cc1ccc(Cl)cc1)C(=O)CN(c1cccc(Cl)c1)S(=O)(=O)c1ccc(Cl)cc1. The number of hydrogen-bond donors (Lipinski definition) is 1. The fourth-order valence-corrected chi connectivity index (χ4v) is 5.82. The molecule has 0 spiro atoms. The molecule has 39 heavy (non-hydrogen) atoms. The van der Waals surface area contributed by atoms with Crippen LogP contribution in [0, 0.1) is 0 Å². The Morgan fingerprint density at radius 1 is 0.872 bits per heavy atom. The van der Waals surface area contributed by atoms with Gasteiger partial charge in [0.25, 0.3) is 10.0 Å². The first-order chi connectivity index (χ1) is 18.4. The Kier molecular flexibility index (Phi) is 10.7. The summed E-state index contributed by atoms with van der Waals surface area (Å²) in [5.41, 5.74) is 0.940. The number of nitrogens with zero attached hydrogens (tertiary/aromatic N) is 2. The molecule has 0 aromatic heterocycles. The van der Waals surface area contributed by atoms with Gasteiger partial charge in [-0.2, -0.15) is 0 Å². The van der Waals surface area contributed by atoms with Crippen LogP contribution in [0.2, 0.25) is 15.1 Å². The number of hydrogen-bond acceptors (Lipinski definition) is 4. The molecule has 1 N–H and O–H groups in total. The molecular formula is C28H30Cl3N3O4S. The molecule has 0 radical (unpaired) electrons. The fourth-order valence-electron chi connectivity index (χ4n) is 3.98. The van der Waals surface area contributed by atoms with Gasteiger partial charge in [-0.3, -0.25) is 13.9 Å². The molecule has 0 fully saturated rings. The number of carbonyl (C=O) groups excluding carboxylic acids is 2. The average Bonchev–Trinajstić information content (AvgIpc) is 2.88. The number of carbonyl (C=O) groups is 2. The number of halogens is 3. The zero-order chi connectivity index (χ0) is 28.7. The zero-order valence-corrected chi connectivity index (χ0v) is 24.9. The van der Waals surface area contributed by atoms with Crippen molar-refractivity contribution >= 4 is 62.3 Å². The first-order valence-corrected chi connectivity index (χ1v) is 14.9. The van der Waals surface area contributed by atoms with E-state index in [1.807, 2.05) is 13.8 Å². The van der Waals surface area contributed by atoms with E-state index in [9.17, 15) is 18.0 Å². The first kappa shape index (κ1) is 30.8. The molecule has 0 unspecified atom stereocenters. The summed E-state index contributed by atoms with van der Waals surface area (Å²) in [7, 11) is -4.22. The minimum Gasteiger partial charge on any atom is -0.352 e. The Morgan fingerprint density at radius 2 is 1.46 bits per heavy atom. The summed E-state index contributed by atoms with van der Waals surface area (Å²) < 4.78 is 28.6. The van der Waals surface area contributed by atoms with Crippen LogP contribution in [0.4, 0.5) is 5.69 Å². The second-order valence-electron chi connectivity index (χ2n) is 9.18. The quantitative estimate of drug-likeness (QED) is 0.281. The Labute approximate surface area is 244 Å². The first-order valence-electron chi connectivity index (χ1n) is 12.3. The van der Waals surface area contributed by atoms with Crippen molar-refractivity contribution in [3.63, 3.8) is 0 Å². The van der Waals surface area contributed by atoms with Crippen LogP contribution in [0.1, 0.15) is 32.8 Å². The second-order valence-corrected chi connectivity index (χ2v) is 12.4. The van der Waals surface area contributed by atoms with Gasteiger partial charge < -0.3 is 10.2 Å². The summed E-state index contributed by atoms with van der Waals surface area (Å²) in [5.74, 6) is -0.891. The van der Waals surface area contributed by atoms with Crippen LogP contribution in [-0.4, -0.2) is 43.8 Å². The van der Waals surface area contributed by atoms with E-state index in [2.05, 4.69) is 5.32 Å². The number of benzene rings is 3. The minimum absolute atomic E-state index is 0.0477. The lowest BCUT2D eigenvalue weighted by molar-refractivity contribution is -0.140. The van der Waals surface area contributed by atoms with Crippen LogP contribution in [0.3, 0.4) is 0 Å². The zero-order valence-electron chi connectivity index (χ0n) is 21.8. The van der Waals surface area contributed by atoms with E-state index in [-0.39, 0.29) is 29.1 Å². The topological polar surface area (TPSA) is 86.8 Å². The van der Waals surface area contributed by atoms with Gasteiger partial charge in [0, 0.05) is 27.7 Å². The predicted molar refractivity (Wildman–Crippen MR) is 157 cm³/mol. The van der Waals surface area contributed by atoms with Crippen LogP contribution in [0.25, 0.3) is 0 Å². The monoisotopic (exact) mass is 609 g/mol. The van der Waals surface area contributed by atoms with Gasteiger partial charge in [-0.1, -0.05) is 59.9 Å².